The van der Waals surface area contributed by atoms with Crippen molar-refractivity contribution in [3.63, 3.8) is 0 Å². The van der Waals surface area contributed by atoms with Gasteiger partial charge in [-0.3, -0.25) is 4.79 Å². The van der Waals surface area contributed by atoms with Gasteiger partial charge in [-0.05, 0) is 32.9 Å². The van der Waals surface area contributed by atoms with E-state index in [9.17, 15) is 13.2 Å². The topological polar surface area (TPSA) is 84.9 Å². The van der Waals surface area contributed by atoms with E-state index in [1.165, 1.54) is 12.1 Å². The van der Waals surface area contributed by atoms with Crippen molar-refractivity contribution in [2.24, 2.45) is 0 Å². The lowest BCUT2D eigenvalue weighted by Gasteiger charge is -2.25. The first-order valence-electron chi connectivity index (χ1n) is 7.84. The fraction of sp³-hybridized carbons (Fsp3) is 0.562. The Balaban J connectivity index is 2.22. The quantitative estimate of drug-likeness (QED) is 0.862. The lowest BCUT2D eigenvalue weighted by atomic mass is 10.1. The Morgan fingerprint density at radius 1 is 1.21 bits per heavy atom. The molecule has 7 nitrogen and oxygen atoms in total. The Labute approximate surface area is 143 Å². The van der Waals surface area contributed by atoms with Gasteiger partial charge >= 0.3 is 0 Å². The van der Waals surface area contributed by atoms with Crippen LogP contribution < -0.4 is 14.8 Å². The number of fused-ring (bicyclic) bond motifs is 1. The molecule has 24 heavy (non-hydrogen) atoms. The molecule has 0 bridgehead atoms. The average molecular weight is 356 g/mol. The number of sulfonamides is 1. The summed E-state index contributed by atoms with van der Waals surface area (Å²) in [6, 6.07) is 4.48. The van der Waals surface area contributed by atoms with Crippen LogP contribution in [-0.4, -0.2) is 50.5 Å². The maximum Gasteiger partial charge on any atom is 0.243 e. The molecular formula is C16H24N2O5S. The number of nitrogens with one attached hydrogen (secondary N) is 1. The summed E-state index contributed by atoms with van der Waals surface area (Å²) >= 11 is 0. The third-order valence-corrected chi connectivity index (χ3v) is 5.26. The number of benzene rings is 1. The number of carbonyl (C=O) groups excluding carboxylic acids is 1. The molecule has 0 radical (unpaired) electrons. The van der Waals surface area contributed by atoms with Gasteiger partial charge in [0.2, 0.25) is 15.9 Å². The highest BCUT2D eigenvalue weighted by Crippen LogP contribution is 2.33. The number of likely N-dealkylation sites (N-methyl/N-ethyl adjacent to an activating group) is 1. The molecule has 0 unspecified atom stereocenters. The molecule has 0 aromatic heterocycles. The summed E-state index contributed by atoms with van der Waals surface area (Å²) in [6.07, 6.45) is 0. The number of carbonyl (C=O) groups is 1. The van der Waals surface area contributed by atoms with Crippen LogP contribution >= 0.6 is 0 Å². The van der Waals surface area contributed by atoms with Gasteiger partial charge in [-0.15, -0.1) is 0 Å². The monoisotopic (exact) mass is 356 g/mol. The van der Waals surface area contributed by atoms with Gasteiger partial charge in [-0.1, -0.05) is 6.92 Å². The molecule has 8 heteroatoms. The van der Waals surface area contributed by atoms with Gasteiger partial charge < -0.3 is 14.8 Å². The third kappa shape index (κ3) is 4.39. The molecule has 1 heterocycles. The Morgan fingerprint density at radius 2 is 1.83 bits per heavy atom. The molecule has 0 atom stereocenters. The van der Waals surface area contributed by atoms with Crippen LogP contribution in [0, 0.1) is 0 Å². The van der Waals surface area contributed by atoms with E-state index in [2.05, 4.69) is 5.32 Å². The van der Waals surface area contributed by atoms with Crippen molar-refractivity contribution in [2.45, 2.75) is 38.1 Å². The van der Waals surface area contributed by atoms with Crippen molar-refractivity contribution in [3.8, 4) is 11.5 Å². The zero-order valence-electron chi connectivity index (χ0n) is 14.5. The molecule has 0 fully saturated rings. The lowest BCUT2D eigenvalue weighted by molar-refractivity contribution is -0.122. The van der Waals surface area contributed by atoms with Crippen LogP contribution in [0.15, 0.2) is 23.1 Å². The maximum atomic E-state index is 12.8. The summed E-state index contributed by atoms with van der Waals surface area (Å²) in [5, 5.41) is 2.77. The highest BCUT2D eigenvalue weighted by molar-refractivity contribution is 7.89. The number of rotatable bonds is 5. The molecule has 1 amide bonds. The number of hydrogen-bond acceptors (Lipinski definition) is 5. The van der Waals surface area contributed by atoms with Crippen molar-refractivity contribution in [1.29, 1.82) is 0 Å². The van der Waals surface area contributed by atoms with E-state index in [1.54, 1.807) is 13.0 Å². The predicted molar refractivity (Wildman–Crippen MR) is 89.8 cm³/mol. The van der Waals surface area contributed by atoms with Gasteiger partial charge in [-0.25, -0.2) is 8.42 Å². The van der Waals surface area contributed by atoms with Crippen LogP contribution in [0.3, 0.4) is 0 Å². The molecule has 0 spiro atoms. The van der Waals surface area contributed by atoms with Crippen LogP contribution in [0.1, 0.15) is 27.7 Å². The minimum atomic E-state index is -3.80. The standard InChI is InChI=1S/C16H24N2O5S/c1-5-18(11-15(19)17-16(2,3)4)24(20,21)12-6-7-13-14(10-12)23-9-8-22-13/h6-7,10H,5,8-9,11H2,1-4H3,(H,17,19). The molecule has 1 aromatic rings. The zero-order valence-corrected chi connectivity index (χ0v) is 15.3. The summed E-state index contributed by atoms with van der Waals surface area (Å²) in [4.78, 5) is 12.2. The summed E-state index contributed by atoms with van der Waals surface area (Å²) in [6.45, 7) is 8.00. The van der Waals surface area contributed by atoms with E-state index >= 15 is 0 Å². The molecule has 2 rings (SSSR count). The third-order valence-electron chi connectivity index (χ3n) is 3.34. The van der Waals surface area contributed by atoms with Crippen LogP contribution in [0.4, 0.5) is 0 Å². The van der Waals surface area contributed by atoms with E-state index in [4.69, 9.17) is 9.47 Å². The first kappa shape index (κ1) is 18.5. The smallest absolute Gasteiger partial charge is 0.243 e. The Hall–Kier alpha value is -1.80. The largest absolute Gasteiger partial charge is 0.486 e. The van der Waals surface area contributed by atoms with Gasteiger partial charge in [0.05, 0.1) is 11.4 Å². The predicted octanol–water partition coefficient (Wildman–Crippen LogP) is 1.38. The van der Waals surface area contributed by atoms with Gasteiger partial charge in [-0.2, -0.15) is 4.31 Å². The van der Waals surface area contributed by atoms with Crippen LogP contribution in [0.2, 0.25) is 0 Å². The van der Waals surface area contributed by atoms with E-state index in [0.717, 1.165) is 4.31 Å². The molecule has 134 valence electrons. The van der Waals surface area contributed by atoms with Crippen LogP contribution in [-0.2, 0) is 14.8 Å². The number of nitrogens with zero attached hydrogens (tertiary/aromatic N) is 1. The van der Waals surface area contributed by atoms with Gasteiger partial charge in [0.1, 0.15) is 13.2 Å². The summed E-state index contributed by atoms with van der Waals surface area (Å²) in [5.41, 5.74) is -0.419. The molecule has 1 aliphatic rings. The van der Waals surface area contributed by atoms with Gasteiger partial charge in [0.25, 0.3) is 0 Å². The molecular weight excluding hydrogens is 332 g/mol. The SMILES string of the molecule is CCN(CC(=O)NC(C)(C)C)S(=O)(=O)c1ccc2c(c1)OCCO2. The summed E-state index contributed by atoms with van der Waals surface area (Å²) < 4.78 is 37.6. The van der Waals surface area contributed by atoms with E-state index in [-0.39, 0.29) is 23.9 Å². The highest BCUT2D eigenvalue weighted by Gasteiger charge is 2.28. The van der Waals surface area contributed by atoms with Crippen LogP contribution in [0.25, 0.3) is 0 Å². The van der Waals surface area contributed by atoms with E-state index < -0.39 is 15.6 Å². The second-order valence-corrected chi connectivity index (χ2v) is 8.47. The number of ether oxygens (including phenoxy) is 2. The maximum absolute atomic E-state index is 12.8. The molecule has 1 aliphatic heterocycles. The Bertz CT molecular complexity index is 710. The first-order valence-corrected chi connectivity index (χ1v) is 9.28. The van der Waals surface area contributed by atoms with Gasteiger partial charge in [0.15, 0.2) is 11.5 Å². The van der Waals surface area contributed by atoms with Gasteiger partial charge in [0, 0.05) is 18.2 Å². The zero-order chi connectivity index (χ0) is 18.0. The van der Waals surface area contributed by atoms with Crippen molar-refractivity contribution < 1.29 is 22.7 Å². The number of hydrogen-bond donors (Lipinski definition) is 1. The minimum Gasteiger partial charge on any atom is -0.486 e. The minimum absolute atomic E-state index is 0.0807. The van der Waals surface area contributed by atoms with Crippen molar-refractivity contribution in [1.82, 2.24) is 9.62 Å². The van der Waals surface area contributed by atoms with Crippen LogP contribution in [0.5, 0.6) is 11.5 Å². The summed E-state index contributed by atoms with van der Waals surface area (Å²) in [7, 11) is -3.80. The fourth-order valence-electron chi connectivity index (χ4n) is 2.32. The first-order chi connectivity index (χ1) is 11.1. The number of amides is 1. The molecule has 0 saturated heterocycles. The fourth-order valence-corrected chi connectivity index (χ4v) is 3.74. The average Bonchev–Trinajstić information content (AvgIpc) is 2.50. The molecule has 1 aromatic carbocycles. The summed E-state index contributed by atoms with van der Waals surface area (Å²) in [5.74, 6) is 0.580. The Kier molecular flexibility index (Phi) is 5.39. The normalized spacial score (nSPS) is 14.5. The lowest BCUT2D eigenvalue weighted by Crippen LogP contribution is -2.47. The molecule has 0 aliphatic carbocycles. The van der Waals surface area contributed by atoms with Crippen molar-refractivity contribution >= 4 is 15.9 Å². The second kappa shape index (κ2) is 6.98. The molecule has 0 saturated carbocycles. The van der Waals surface area contributed by atoms with E-state index in [0.29, 0.717) is 24.7 Å². The van der Waals surface area contributed by atoms with Crippen molar-refractivity contribution in [2.75, 3.05) is 26.3 Å². The second-order valence-electron chi connectivity index (χ2n) is 6.53. The highest BCUT2D eigenvalue weighted by atomic mass is 32.2. The Morgan fingerprint density at radius 3 is 2.42 bits per heavy atom. The van der Waals surface area contributed by atoms with E-state index in [1.807, 2.05) is 20.8 Å². The van der Waals surface area contributed by atoms with Crippen molar-refractivity contribution in [3.05, 3.63) is 18.2 Å². The molecule has 1 N–H and O–H groups in total.